The Morgan fingerprint density at radius 2 is 2.31 bits per heavy atom. The lowest BCUT2D eigenvalue weighted by atomic mass is 10.3. The van der Waals surface area contributed by atoms with Gasteiger partial charge < -0.3 is 11.1 Å². The molecule has 0 aliphatic rings. The lowest BCUT2D eigenvalue weighted by Gasteiger charge is -2.04. The van der Waals surface area contributed by atoms with Crippen LogP contribution in [0.2, 0.25) is 0 Å². The van der Waals surface area contributed by atoms with Crippen LogP contribution in [0.1, 0.15) is 17.8 Å². The van der Waals surface area contributed by atoms with Gasteiger partial charge in [-0.05, 0) is 32.6 Å². The van der Waals surface area contributed by atoms with Gasteiger partial charge in [0.15, 0.2) is 0 Å². The first-order valence-corrected chi connectivity index (χ1v) is 6.40. The summed E-state index contributed by atoms with van der Waals surface area (Å²) in [7, 11) is 0. The standard InChI is InChI=1S/C10H18N4OS/c1-7-10(8(2)14-13-7)12-9(15)6-16-5-3-4-11/h3-6,11H2,1-2H3,(H,12,15)(H,13,14). The molecule has 0 saturated carbocycles. The number of hydrogen-bond donors (Lipinski definition) is 3. The molecule has 1 amide bonds. The number of thioether (sulfide) groups is 1. The number of nitrogens with two attached hydrogens (primary N) is 1. The lowest BCUT2D eigenvalue weighted by molar-refractivity contribution is -0.113. The van der Waals surface area contributed by atoms with Crippen molar-refractivity contribution in [3.63, 3.8) is 0 Å². The average molecular weight is 242 g/mol. The van der Waals surface area contributed by atoms with Gasteiger partial charge in [-0.3, -0.25) is 9.89 Å². The van der Waals surface area contributed by atoms with Crippen LogP contribution in [-0.4, -0.2) is 34.2 Å². The van der Waals surface area contributed by atoms with Crippen molar-refractivity contribution in [2.75, 3.05) is 23.4 Å². The van der Waals surface area contributed by atoms with E-state index in [9.17, 15) is 4.79 Å². The first-order valence-electron chi connectivity index (χ1n) is 5.24. The zero-order valence-corrected chi connectivity index (χ0v) is 10.5. The quantitative estimate of drug-likeness (QED) is 0.651. The van der Waals surface area contributed by atoms with E-state index < -0.39 is 0 Å². The predicted molar refractivity (Wildman–Crippen MR) is 67.7 cm³/mol. The highest BCUT2D eigenvalue weighted by molar-refractivity contribution is 7.99. The molecule has 1 rings (SSSR count). The lowest BCUT2D eigenvalue weighted by Crippen LogP contribution is -2.15. The Balaban J connectivity index is 2.34. The summed E-state index contributed by atoms with van der Waals surface area (Å²) in [6.07, 6.45) is 0.946. The molecule has 5 nitrogen and oxygen atoms in total. The van der Waals surface area contributed by atoms with E-state index >= 15 is 0 Å². The van der Waals surface area contributed by atoms with Crippen LogP contribution >= 0.6 is 11.8 Å². The fourth-order valence-electron chi connectivity index (χ4n) is 1.26. The highest BCUT2D eigenvalue weighted by atomic mass is 32.2. The molecule has 1 aromatic rings. The Kier molecular flexibility index (Phi) is 5.34. The molecule has 0 atom stereocenters. The number of nitrogens with one attached hydrogen (secondary N) is 2. The van der Waals surface area contributed by atoms with Crippen LogP contribution in [-0.2, 0) is 4.79 Å². The summed E-state index contributed by atoms with van der Waals surface area (Å²) in [5.41, 5.74) is 7.87. The molecular formula is C10H18N4OS. The van der Waals surface area contributed by atoms with E-state index in [1.54, 1.807) is 11.8 Å². The second kappa shape index (κ2) is 6.55. The van der Waals surface area contributed by atoms with E-state index in [-0.39, 0.29) is 5.91 Å². The molecule has 0 aromatic carbocycles. The molecule has 0 aliphatic heterocycles. The monoisotopic (exact) mass is 242 g/mol. The van der Waals surface area contributed by atoms with E-state index in [4.69, 9.17) is 5.73 Å². The number of H-pyrrole nitrogens is 1. The van der Waals surface area contributed by atoms with Crippen molar-refractivity contribution >= 4 is 23.4 Å². The summed E-state index contributed by atoms with van der Waals surface area (Å²) >= 11 is 1.60. The zero-order chi connectivity index (χ0) is 12.0. The first kappa shape index (κ1) is 13.1. The Morgan fingerprint density at radius 1 is 1.56 bits per heavy atom. The average Bonchev–Trinajstić information content (AvgIpc) is 2.56. The third-order valence-electron chi connectivity index (χ3n) is 2.12. The summed E-state index contributed by atoms with van der Waals surface area (Å²) in [6.45, 7) is 4.42. The summed E-state index contributed by atoms with van der Waals surface area (Å²) in [6, 6.07) is 0. The summed E-state index contributed by atoms with van der Waals surface area (Å²) in [5, 5.41) is 9.70. The predicted octanol–water partition coefficient (Wildman–Crippen LogP) is 1.05. The van der Waals surface area contributed by atoms with Gasteiger partial charge in [0.2, 0.25) is 5.91 Å². The summed E-state index contributed by atoms with van der Waals surface area (Å²) in [4.78, 5) is 11.6. The number of hydrogen-bond acceptors (Lipinski definition) is 4. The van der Waals surface area contributed by atoms with Crippen molar-refractivity contribution in [2.45, 2.75) is 20.3 Å². The first-order chi connectivity index (χ1) is 7.65. The fourth-order valence-corrected chi connectivity index (χ4v) is 2.03. The van der Waals surface area contributed by atoms with Gasteiger partial charge in [0.25, 0.3) is 0 Å². The van der Waals surface area contributed by atoms with Crippen molar-refractivity contribution in [1.82, 2.24) is 10.2 Å². The SMILES string of the molecule is Cc1n[nH]c(C)c1NC(=O)CSCCCN. The molecule has 0 unspecified atom stereocenters. The Bertz CT molecular complexity index is 331. The molecule has 1 heterocycles. The van der Waals surface area contributed by atoms with Crippen LogP contribution in [0.4, 0.5) is 5.69 Å². The molecule has 0 aliphatic carbocycles. The maximum atomic E-state index is 11.6. The van der Waals surface area contributed by atoms with Crippen molar-refractivity contribution in [2.24, 2.45) is 5.73 Å². The van der Waals surface area contributed by atoms with E-state index in [0.717, 1.165) is 29.2 Å². The van der Waals surface area contributed by atoms with Gasteiger partial charge in [-0.1, -0.05) is 0 Å². The second-order valence-electron chi connectivity index (χ2n) is 3.55. The van der Waals surface area contributed by atoms with Gasteiger partial charge in [-0.2, -0.15) is 16.9 Å². The highest BCUT2D eigenvalue weighted by Gasteiger charge is 2.09. The number of carbonyl (C=O) groups is 1. The van der Waals surface area contributed by atoms with Gasteiger partial charge in [-0.15, -0.1) is 0 Å². The smallest absolute Gasteiger partial charge is 0.234 e. The zero-order valence-electron chi connectivity index (χ0n) is 9.67. The minimum Gasteiger partial charge on any atom is -0.330 e. The van der Waals surface area contributed by atoms with E-state index in [1.165, 1.54) is 0 Å². The minimum atomic E-state index is 0.00891. The second-order valence-corrected chi connectivity index (χ2v) is 4.66. The van der Waals surface area contributed by atoms with Crippen LogP contribution in [0.15, 0.2) is 0 Å². The number of aryl methyl sites for hydroxylation is 2. The molecule has 0 fully saturated rings. The van der Waals surface area contributed by atoms with Crippen LogP contribution in [0, 0.1) is 13.8 Å². The van der Waals surface area contributed by atoms with E-state index in [0.29, 0.717) is 12.3 Å². The molecule has 0 bridgehead atoms. The molecule has 0 saturated heterocycles. The number of amides is 1. The van der Waals surface area contributed by atoms with Gasteiger partial charge in [-0.25, -0.2) is 0 Å². The van der Waals surface area contributed by atoms with Crippen molar-refractivity contribution < 1.29 is 4.79 Å². The molecule has 16 heavy (non-hydrogen) atoms. The highest BCUT2D eigenvalue weighted by Crippen LogP contribution is 2.16. The van der Waals surface area contributed by atoms with Crippen molar-refractivity contribution in [3.05, 3.63) is 11.4 Å². The molecule has 90 valence electrons. The van der Waals surface area contributed by atoms with Crippen LogP contribution in [0.25, 0.3) is 0 Å². The Morgan fingerprint density at radius 3 is 2.88 bits per heavy atom. The maximum Gasteiger partial charge on any atom is 0.234 e. The normalized spacial score (nSPS) is 10.4. The van der Waals surface area contributed by atoms with Crippen LogP contribution in [0.5, 0.6) is 0 Å². The molecule has 1 aromatic heterocycles. The third kappa shape index (κ3) is 3.86. The largest absolute Gasteiger partial charge is 0.330 e. The number of rotatable bonds is 6. The molecule has 0 spiro atoms. The van der Waals surface area contributed by atoms with Gasteiger partial charge >= 0.3 is 0 Å². The Hall–Kier alpha value is -1.01. The summed E-state index contributed by atoms with van der Waals surface area (Å²) in [5.74, 6) is 1.40. The number of aromatic nitrogens is 2. The van der Waals surface area contributed by atoms with Gasteiger partial charge in [0.05, 0.1) is 22.8 Å². The van der Waals surface area contributed by atoms with Crippen LogP contribution in [0.3, 0.4) is 0 Å². The fraction of sp³-hybridized carbons (Fsp3) is 0.600. The van der Waals surface area contributed by atoms with Crippen molar-refractivity contribution in [1.29, 1.82) is 0 Å². The molecular weight excluding hydrogens is 224 g/mol. The van der Waals surface area contributed by atoms with Crippen LogP contribution < -0.4 is 11.1 Å². The molecule has 4 N–H and O–H groups in total. The third-order valence-corrected chi connectivity index (χ3v) is 3.16. The molecule has 0 radical (unpaired) electrons. The Labute approximate surface area is 99.6 Å². The molecule has 6 heteroatoms. The summed E-state index contributed by atoms with van der Waals surface area (Å²) < 4.78 is 0. The number of nitrogens with zero attached hydrogens (tertiary/aromatic N) is 1. The number of aromatic amines is 1. The number of anilines is 1. The van der Waals surface area contributed by atoms with E-state index in [2.05, 4.69) is 15.5 Å². The number of carbonyl (C=O) groups excluding carboxylic acids is 1. The maximum absolute atomic E-state index is 11.6. The van der Waals surface area contributed by atoms with Gasteiger partial charge in [0.1, 0.15) is 0 Å². The van der Waals surface area contributed by atoms with Crippen molar-refractivity contribution in [3.8, 4) is 0 Å². The minimum absolute atomic E-state index is 0.00891. The topological polar surface area (TPSA) is 83.8 Å². The van der Waals surface area contributed by atoms with E-state index in [1.807, 2.05) is 13.8 Å². The van der Waals surface area contributed by atoms with Gasteiger partial charge in [0, 0.05) is 0 Å².